The first-order valence-electron chi connectivity index (χ1n) is 7.59. The Bertz CT molecular complexity index is 770. The molecule has 2 heterocycles. The summed E-state index contributed by atoms with van der Waals surface area (Å²) in [6.45, 7) is 1.27. The van der Waals surface area contributed by atoms with E-state index in [0.29, 0.717) is 13.2 Å². The number of aliphatic hydroxyl groups excluding tert-OH is 1. The summed E-state index contributed by atoms with van der Waals surface area (Å²) >= 11 is 6.61. The lowest BCUT2D eigenvalue weighted by Crippen LogP contribution is -1.94. The van der Waals surface area contributed by atoms with Gasteiger partial charge in [0.25, 0.3) is 0 Å². The zero-order valence-corrected chi connectivity index (χ0v) is 16.6. The minimum Gasteiger partial charge on any atom is -0.392 e. The zero-order valence-electron chi connectivity index (χ0n) is 13.5. The topological polar surface area (TPSA) is 55.2 Å². The lowest BCUT2D eigenvalue weighted by atomic mass is 10.2. The van der Waals surface area contributed by atoms with Gasteiger partial charge >= 0.3 is 0 Å². The van der Waals surface area contributed by atoms with Crippen LogP contribution in [0.3, 0.4) is 0 Å². The zero-order chi connectivity index (χ0) is 17.9. The number of pyridine rings is 2. The van der Waals surface area contributed by atoms with Crippen molar-refractivity contribution in [2.75, 3.05) is 0 Å². The summed E-state index contributed by atoms with van der Waals surface area (Å²) in [5.41, 5.74) is 3.08. The number of hydrogen-bond acceptors (Lipinski definition) is 4. The molecule has 0 saturated heterocycles. The Labute approximate surface area is 164 Å². The molecular weight excluding hydrogens is 448 g/mol. The largest absolute Gasteiger partial charge is 0.392 e. The summed E-state index contributed by atoms with van der Waals surface area (Å²) in [4.78, 5) is 7.93. The second-order valence-corrected chi connectivity index (χ2v) is 6.99. The Morgan fingerprint density at radius 3 is 1.88 bits per heavy atom. The summed E-state index contributed by atoms with van der Waals surface area (Å²) < 4.78 is 7.48. The van der Waals surface area contributed by atoms with E-state index in [2.05, 4.69) is 54.0 Å². The fourth-order valence-electron chi connectivity index (χ4n) is 1.94. The maximum absolute atomic E-state index is 8.60. The molecule has 1 N–H and O–H groups in total. The Morgan fingerprint density at radius 2 is 1.32 bits per heavy atom. The van der Waals surface area contributed by atoms with Gasteiger partial charge in [0.1, 0.15) is 0 Å². The predicted molar refractivity (Wildman–Crippen MR) is 105 cm³/mol. The highest BCUT2D eigenvalue weighted by Gasteiger charge is 1.96. The molecule has 6 heteroatoms. The summed E-state index contributed by atoms with van der Waals surface area (Å²) in [5.74, 6) is 0. The van der Waals surface area contributed by atoms with Gasteiger partial charge in [-0.1, -0.05) is 30.3 Å². The lowest BCUT2D eigenvalue weighted by molar-refractivity contribution is 0.107. The van der Waals surface area contributed by atoms with Crippen LogP contribution in [0.25, 0.3) is 0 Å². The van der Waals surface area contributed by atoms with Crippen molar-refractivity contribution < 1.29 is 9.84 Å². The van der Waals surface area contributed by atoms with E-state index in [9.17, 15) is 0 Å². The smallest absolute Gasteiger partial charge is 0.0736 e. The first kappa shape index (κ1) is 19.7. The molecule has 0 aliphatic rings. The molecule has 2 aromatic heterocycles. The first-order valence-corrected chi connectivity index (χ1v) is 9.17. The third-order valence-corrected chi connectivity index (χ3v) is 3.95. The van der Waals surface area contributed by atoms with E-state index in [0.717, 1.165) is 20.1 Å². The van der Waals surface area contributed by atoms with Crippen molar-refractivity contribution in [2.24, 2.45) is 0 Å². The van der Waals surface area contributed by atoms with E-state index in [1.165, 1.54) is 5.56 Å². The minimum absolute atomic E-state index is 0.0481. The third-order valence-electron chi connectivity index (χ3n) is 3.09. The van der Waals surface area contributed by atoms with Crippen LogP contribution >= 0.6 is 31.9 Å². The molecule has 0 amide bonds. The number of halogens is 2. The molecule has 25 heavy (non-hydrogen) atoms. The molecule has 0 aliphatic heterocycles. The molecule has 0 aliphatic carbocycles. The maximum atomic E-state index is 8.60. The Kier molecular flexibility index (Phi) is 8.76. The van der Waals surface area contributed by atoms with Crippen molar-refractivity contribution in [1.82, 2.24) is 9.97 Å². The van der Waals surface area contributed by atoms with Gasteiger partial charge in [-0.25, -0.2) is 0 Å². The SMILES string of the molecule is Brc1cncc(COCc2ccccc2)c1.OCc1cncc(Br)c1. The molecule has 0 fully saturated rings. The second kappa shape index (κ2) is 11.1. The molecule has 130 valence electrons. The number of hydrogen-bond donors (Lipinski definition) is 1. The molecule has 0 radical (unpaired) electrons. The molecule has 3 aromatic rings. The Balaban J connectivity index is 0.000000212. The van der Waals surface area contributed by atoms with Crippen molar-refractivity contribution >= 4 is 31.9 Å². The van der Waals surface area contributed by atoms with Gasteiger partial charge in [-0.3, -0.25) is 9.97 Å². The number of aliphatic hydroxyl groups is 1. The van der Waals surface area contributed by atoms with E-state index in [4.69, 9.17) is 9.84 Å². The Morgan fingerprint density at radius 1 is 0.760 bits per heavy atom. The standard InChI is InChI=1S/C13H12BrNO.C6H6BrNO/c14-13-6-12(7-15-8-13)10-16-9-11-4-2-1-3-5-11;7-6-1-5(4-9)2-8-3-6/h1-8H,9-10H2;1-3,9H,4H2. The van der Waals surface area contributed by atoms with Crippen LogP contribution in [-0.2, 0) is 24.6 Å². The summed E-state index contributed by atoms with van der Waals surface area (Å²) in [6, 6.07) is 14.0. The van der Waals surface area contributed by atoms with Gasteiger partial charge in [-0.05, 0) is 60.7 Å². The molecule has 0 spiro atoms. The van der Waals surface area contributed by atoms with Crippen LogP contribution in [-0.4, -0.2) is 15.1 Å². The summed E-state index contributed by atoms with van der Waals surface area (Å²) in [7, 11) is 0. The number of nitrogens with zero attached hydrogens (tertiary/aromatic N) is 2. The number of aromatic nitrogens is 2. The fourth-order valence-corrected chi connectivity index (χ4v) is 2.76. The number of rotatable bonds is 5. The van der Waals surface area contributed by atoms with Gasteiger partial charge in [-0.15, -0.1) is 0 Å². The van der Waals surface area contributed by atoms with Gasteiger partial charge in [0.2, 0.25) is 0 Å². The molecule has 0 saturated carbocycles. The minimum atomic E-state index is 0.0481. The van der Waals surface area contributed by atoms with E-state index in [1.807, 2.05) is 36.5 Å². The summed E-state index contributed by atoms with van der Waals surface area (Å²) in [6.07, 6.45) is 6.89. The normalized spacial score (nSPS) is 10.0. The predicted octanol–water partition coefficient (Wildman–Crippen LogP) is 4.90. The van der Waals surface area contributed by atoms with Gasteiger partial charge in [0, 0.05) is 33.7 Å². The molecule has 0 unspecified atom stereocenters. The highest BCUT2D eigenvalue weighted by Crippen LogP contribution is 2.11. The fraction of sp³-hybridized carbons (Fsp3) is 0.158. The summed E-state index contributed by atoms with van der Waals surface area (Å²) in [5, 5.41) is 8.60. The van der Waals surface area contributed by atoms with Crippen LogP contribution in [0.1, 0.15) is 16.7 Å². The van der Waals surface area contributed by atoms with E-state index >= 15 is 0 Å². The van der Waals surface area contributed by atoms with Crippen LogP contribution in [0.15, 0.2) is 76.2 Å². The van der Waals surface area contributed by atoms with Crippen LogP contribution in [0.5, 0.6) is 0 Å². The molecule has 1 aromatic carbocycles. The van der Waals surface area contributed by atoms with Crippen LogP contribution in [0.4, 0.5) is 0 Å². The molecule has 0 bridgehead atoms. The van der Waals surface area contributed by atoms with Crippen molar-refractivity contribution in [2.45, 2.75) is 19.8 Å². The van der Waals surface area contributed by atoms with Gasteiger partial charge < -0.3 is 9.84 Å². The highest BCUT2D eigenvalue weighted by molar-refractivity contribution is 9.10. The van der Waals surface area contributed by atoms with Crippen LogP contribution < -0.4 is 0 Å². The van der Waals surface area contributed by atoms with Crippen molar-refractivity contribution in [3.63, 3.8) is 0 Å². The van der Waals surface area contributed by atoms with Gasteiger partial charge in [-0.2, -0.15) is 0 Å². The van der Waals surface area contributed by atoms with Crippen molar-refractivity contribution in [3.05, 3.63) is 92.9 Å². The van der Waals surface area contributed by atoms with E-state index in [1.54, 1.807) is 18.6 Å². The van der Waals surface area contributed by atoms with E-state index < -0.39 is 0 Å². The number of ether oxygens (including phenoxy) is 1. The molecule has 0 atom stereocenters. The van der Waals surface area contributed by atoms with Gasteiger partial charge in [0.15, 0.2) is 0 Å². The average Bonchev–Trinajstić information content (AvgIpc) is 2.63. The molecule has 4 nitrogen and oxygen atoms in total. The maximum Gasteiger partial charge on any atom is 0.0736 e. The molecule has 3 rings (SSSR count). The van der Waals surface area contributed by atoms with Crippen LogP contribution in [0, 0.1) is 0 Å². The monoisotopic (exact) mass is 464 g/mol. The van der Waals surface area contributed by atoms with Crippen LogP contribution in [0.2, 0.25) is 0 Å². The molecular formula is C19H18Br2N2O2. The Hall–Kier alpha value is -1.60. The highest BCUT2D eigenvalue weighted by atomic mass is 79.9. The van der Waals surface area contributed by atoms with Gasteiger partial charge in [0.05, 0.1) is 19.8 Å². The second-order valence-electron chi connectivity index (χ2n) is 5.16. The van der Waals surface area contributed by atoms with E-state index in [-0.39, 0.29) is 6.61 Å². The quantitative estimate of drug-likeness (QED) is 0.582. The average molecular weight is 466 g/mol. The van der Waals surface area contributed by atoms with Crippen molar-refractivity contribution in [1.29, 1.82) is 0 Å². The van der Waals surface area contributed by atoms with Crippen molar-refractivity contribution in [3.8, 4) is 0 Å². The third kappa shape index (κ3) is 7.88. The first-order chi connectivity index (χ1) is 12.2. The lowest BCUT2D eigenvalue weighted by Gasteiger charge is -2.04. The number of benzene rings is 1.